The van der Waals surface area contributed by atoms with Gasteiger partial charge in [-0.2, -0.15) is 0 Å². The molecule has 0 amide bonds. The van der Waals surface area contributed by atoms with Crippen LogP contribution in [0.4, 0.5) is 4.39 Å². The van der Waals surface area contributed by atoms with E-state index in [0.29, 0.717) is 0 Å². The second-order valence-corrected chi connectivity index (χ2v) is 5.05. The van der Waals surface area contributed by atoms with Crippen LogP contribution in [0, 0.1) is 5.82 Å². The number of fused-ring (bicyclic) bond motifs is 3. The van der Waals surface area contributed by atoms with Gasteiger partial charge in [0.15, 0.2) is 0 Å². The highest BCUT2D eigenvalue weighted by Gasteiger charge is 2.08. The molecule has 0 saturated carbocycles. The van der Waals surface area contributed by atoms with Gasteiger partial charge < -0.3 is 0 Å². The van der Waals surface area contributed by atoms with Crippen LogP contribution in [0.15, 0.2) is 72.9 Å². The Hall–Kier alpha value is -2.74. The average molecular weight is 273 g/mol. The third-order valence-electron chi connectivity index (χ3n) is 3.77. The Labute approximate surface area is 121 Å². The molecule has 3 aromatic carbocycles. The van der Waals surface area contributed by atoms with Crippen molar-refractivity contribution in [2.24, 2.45) is 0 Å². The molecule has 4 rings (SSSR count). The van der Waals surface area contributed by atoms with Crippen LogP contribution in [-0.2, 0) is 0 Å². The second kappa shape index (κ2) is 4.67. The average Bonchev–Trinajstić information content (AvgIpc) is 2.55. The Kier molecular flexibility index (Phi) is 2.68. The van der Waals surface area contributed by atoms with E-state index in [-0.39, 0.29) is 5.82 Å². The molecule has 0 aliphatic heterocycles. The Morgan fingerprint density at radius 3 is 2.43 bits per heavy atom. The minimum atomic E-state index is -0.220. The van der Waals surface area contributed by atoms with Gasteiger partial charge in [0, 0.05) is 17.0 Å². The van der Waals surface area contributed by atoms with Gasteiger partial charge in [-0.15, -0.1) is 0 Å². The Morgan fingerprint density at radius 1 is 0.762 bits per heavy atom. The Balaban J connectivity index is 2.13. The Morgan fingerprint density at radius 2 is 1.57 bits per heavy atom. The summed E-state index contributed by atoms with van der Waals surface area (Å²) >= 11 is 0. The van der Waals surface area contributed by atoms with Gasteiger partial charge in [-0.1, -0.05) is 48.5 Å². The second-order valence-electron chi connectivity index (χ2n) is 5.05. The molecule has 0 spiro atoms. The number of hydrogen-bond donors (Lipinski definition) is 0. The summed E-state index contributed by atoms with van der Waals surface area (Å²) in [6.07, 6.45) is 1.89. The van der Waals surface area contributed by atoms with Gasteiger partial charge in [-0.25, -0.2) is 4.39 Å². The largest absolute Gasteiger partial charge is 0.256 e. The van der Waals surface area contributed by atoms with Crippen molar-refractivity contribution in [3.63, 3.8) is 0 Å². The van der Waals surface area contributed by atoms with E-state index >= 15 is 0 Å². The summed E-state index contributed by atoms with van der Waals surface area (Å²) in [7, 11) is 0. The molecule has 0 unspecified atom stereocenters. The molecule has 0 radical (unpaired) electrons. The van der Waals surface area contributed by atoms with E-state index < -0.39 is 0 Å². The maximum absolute atomic E-state index is 13.2. The molecular weight excluding hydrogens is 261 g/mol. The van der Waals surface area contributed by atoms with Gasteiger partial charge in [0.05, 0.1) is 5.52 Å². The van der Waals surface area contributed by atoms with Crippen LogP contribution in [0.2, 0.25) is 0 Å². The van der Waals surface area contributed by atoms with Crippen LogP contribution >= 0.6 is 0 Å². The molecule has 21 heavy (non-hydrogen) atoms. The highest BCUT2D eigenvalue weighted by atomic mass is 19.1. The minimum Gasteiger partial charge on any atom is -0.256 e. The van der Waals surface area contributed by atoms with Crippen molar-refractivity contribution in [2.75, 3.05) is 0 Å². The third-order valence-corrected chi connectivity index (χ3v) is 3.77. The van der Waals surface area contributed by atoms with Crippen molar-refractivity contribution in [3.05, 3.63) is 78.7 Å². The molecule has 1 heterocycles. The molecule has 1 nitrogen and oxygen atoms in total. The standard InChI is InChI=1S/C19H12FN/c20-15-10-8-13(9-11-15)16-6-3-7-18-19(16)17-5-2-1-4-14(17)12-21-18/h1-12H. The van der Waals surface area contributed by atoms with E-state index in [1.807, 2.05) is 42.6 Å². The minimum absolute atomic E-state index is 0.220. The zero-order chi connectivity index (χ0) is 14.2. The normalized spacial score (nSPS) is 11.1. The number of nitrogens with zero attached hydrogens (tertiary/aromatic N) is 1. The lowest BCUT2D eigenvalue weighted by Crippen LogP contribution is -1.86. The quantitative estimate of drug-likeness (QED) is 0.435. The molecule has 100 valence electrons. The summed E-state index contributed by atoms with van der Waals surface area (Å²) in [5.74, 6) is -0.220. The first-order chi connectivity index (χ1) is 10.3. The van der Waals surface area contributed by atoms with Crippen LogP contribution in [0.1, 0.15) is 0 Å². The molecule has 0 atom stereocenters. The summed E-state index contributed by atoms with van der Waals surface area (Å²) in [4.78, 5) is 4.54. The molecular formula is C19H12FN. The number of pyridine rings is 1. The first-order valence-corrected chi connectivity index (χ1v) is 6.85. The van der Waals surface area contributed by atoms with E-state index in [9.17, 15) is 4.39 Å². The van der Waals surface area contributed by atoms with Crippen molar-refractivity contribution in [2.45, 2.75) is 0 Å². The lowest BCUT2D eigenvalue weighted by Gasteiger charge is -2.09. The predicted octanol–water partition coefficient (Wildman–Crippen LogP) is 5.19. The number of rotatable bonds is 1. The number of hydrogen-bond acceptors (Lipinski definition) is 1. The van der Waals surface area contributed by atoms with Gasteiger partial charge in [0.1, 0.15) is 5.82 Å². The summed E-state index contributed by atoms with van der Waals surface area (Å²) in [5.41, 5.74) is 3.03. The van der Waals surface area contributed by atoms with Crippen molar-refractivity contribution in [1.29, 1.82) is 0 Å². The predicted molar refractivity (Wildman–Crippen MR) is 84.6 cm³/mol. The van der Waals surface area contributed by atoms with E-state index in [2.05, 4.69) is 23.2 Å². The molecule has 0 bridgehead atoms. The maximum atomic E-state index is 13.2. The summed E-state index contributed by atoms with van der Waals surface area (Å²) < 4.78 is 13.2. The van der Waals surface area contributed by atoms with Gasteiger partial charge in [0.2, 0.25) is 0 Å². The summed E-state index contributed by atoms with van der Waals surface area (Å²) in [6.45, 7) is 0. The smallest absolute Gasteiger partial charge is 0.123 e. The zero-order valence-corrected chi connectivity index (χ0v) is 11.3. The number of aromatic nitrogens is 1. The van der Waals surface area contributed by atoms with Crippen LogP contribution in [0.3, 0.4) is 0 Å². The zero-order valence-electron chi connectivity index (χ0n) is 11.3. The summed E-state index contributed by atoms with van der Waals surface area (Å²) in [6, 6.07) is 20.9. The molecule has 0 saturated heterocycles. The van der Waals surface area contributed by atoms with E-state index in [0.717, 1.165) is 27.4 Å². The van der Waals surface area contributed by atoms with Gasteiger partial charge in [-0.05, 0) is 34.7 Å². The number of halogens is 1. The van der Waals surface area contributed by atoms with Gasteiger partial charge >= 0.3 is 0 Å². The molecule has 4 aromatic rings. The first kappa shape index (κ1) is 12.0. The number of benzene rings is 3. The molecule has 0 aliphatic carbocycles. The highest BCUT2D eigenvalue weighted by Crippen LogP contribution is 2.33. The lowest BCUT2D eigenvalue weighted by atomic mass is 9.97. The van der Waals surface area contributed by atoms with Crippen molar-refractivity contribution in [1.82, 2.24) is 4.98 Å². The van der Waals surface area contributed by atoms with Crippen LogP contribution in [0.25, 0.3) is 32.8 Å². The van der Waals surface area contributed by atoms with E-state index in [1.54, 1.807) is 0 Å². The fourth-order valence-corrected chi connectivity index (χ4v) is 2.78. The third kappa shape index (κ3) is 1.96. The Bertz CT molecular complexity index is 942. The summed E-state index contributed by atoms with van der Waals surface area (Å²) in [5, 5.41) is 3.39. The molecule has 0 aliphatic rings. The van der Waals surface area contributed by atoms with Gasteiger partial charge in [-0.3, -0.25) is 4.98 Å². The SMILES string of the molecule is Fc1ccc(-c2cccc3ncc4ccccc4c23)cc1. The van der Waals surface area contributed by atoms with Crippen molar-refractivity contribution in [3.8, 4) is 11.1 Å². The molecule has 1 aromatic heterocycles. The topological polar surface area (TPSA) is 12.9 Å². The fraction of sp³-hybridized carbons (Fsp3) is 0. The molecule has 0 N–H and O–H groups in total. The molecule has 0 fully saturated rings. The maximum Gasteiger partial charge on any atom is 0.123 e. The van der Waals surface area contributed by atoms with Crippen LogP contribution < -0.4 is 0 Å². The van der Waals surface area contributed by atoms with Crippen molar-refractivity contribution >= 4 is 21.7 Å². The van der Waals surface area contributed by atoms with Gasteiger partial charge in [0.25, 0.3) is 0 Å². The van der Waals surface area contributed by atoms with Crippen molar-refractivity contribution < 1.29 is 4.39 Å². The van der Waals surface area contributed by atoms with Crippen LogP contribution in [0.5, 0.6) is 0 Å². The monoisotopic (exact) mass is 273 g/mol. The van der Waals surface area contributed by atoms with E-state index in [1.165, 1.54) is 17.5 Å². The fourth-order valence-electron chi connectivity index (χ4n) is 2.78. The lowest BCUT2D eigenvalue weighted by molar-refractivity contribution is 0.628. The van der Waals surface area contributed by atoms with E-state index in [4.69, 9.17) is 0 Å². The first-order valence-electron chi connectivity index (χ1n) is 6.85. The van der Waals surface area contributed by atoms with Crippen LogP contribution in [-0.4, -0.2) is 4.98 Å². The highest BCUT2D eigenvalue weighted by molar-refractivity contribution is 6.12. The molecule has 2 heteroatoms.